The SMILES string of the molecule is CC(C)[Si](Oc1ccc(CCCCN2C(=O)CCC2O)o1)(C(C)C)C(C)C. The van der Waals surface area contributed by atoms with E-state index < -0.39 is 14.5 Å². The molecule has 27 heavy (non-hydrogen) atoms. The lowest BCUT2D eigenvalue weighted by Gasteiger charge is -2.41. The summed E-state index contributed by atoms with van der Waals surface area (Å²) in [5, 5.41) is 9.80. The van der Waals surface area contributed by atoms with Crippen LogP contribution in [0.15, 0.2) is 16.5 Å². The van der Waals surface area contributed by atoms with Crippen LogP contribution in [-0.4, -0.2) is 37.0 Å². The third-order valence-corrected chi connectivity index (χ3v) is 12.0. The molecule has 1 atom stereocenters. The van der Waals surface area contributed by atoms with E-state index in [4.69, 9.17) is 8.84 Å². The van der Waals surface area contributed by atoms with Crippen LogP contribution in [0.5, 0.6) is 5.95 Å². The van der Waals surface area contributed by atoms with Gasteiger partial charge >= 0.3 is 0 Å². The molecule has 0 spiro atoms. The minimum atomic E-state index is -1.99. The van der Waals surface area contributed by atoms with Crippen molar-refractivity contribution in [2.24, 2.45) is 0 Å². The van der Waals surface area contributed by atoms with E-state index in [9.17, 15) is 9.90 Å². The molecular weight excluding hydrogens is 358 g/mol. The molecule has 2 heterocycles. The van der Waals surface area contributed by atoms with Crippen molar-refractivity contribution in [2.45, 2.75) is 96.5 Å². The van der Waals surface area contributed by atoms with Gasteiger partial charge in [-0.05, 0) is 35.5 Å². The lowest BCUT2D eigenvalue weighted by Crippen LogP contribution is -2.50. The molecule has 6 heteroatoms. The molecule has 1 N–H and O–H groups in total. The lowest BCUT2D eigenvalue weighted by molar-refractivity contribution is -0.133. The van der Waals surface area contributed by atoms with Gasteiger partial charge < -0.3 is 18.8 Å². The summed E-state index contributed by atoms with van der Waals surface area (Å²) in [5.41, 5.74) is 1.53. The summed E-state index contributed by atoms with van der Waals surface area (Å²) in [6, 6.07) is 3.96. The maximum atomic E-state index is 11.7. The van der Waals surface area contributed by atoms with Crippen LogP contribution in [0.4, 0.5) is 0 Å². The normalized spacial score (nSPS) is 18.4. The van der Waals surface area contributed by atoms with Crippen molar-refractivity contribution in [2.75, 3.05) is 6.54 Å². The summed E-state index contributed by atoms with van der Waals surface area (Å²) >= 11 is 0. The van der Waals surface area contributed by atoms with Gasteiger partial charge in [0, 0.05) is 31.9 Å². The number of carbonyl (C=O) groups is 1. The van der Waals surface area contributed by atoms with Gasteiger partial charge in [-0.1, -0.05) is 41.5 Å². The summed E-state index contributed by atoms with van der Waals surface area (Å²) in [4.78, 5) is 13.3. The van der Waals surface area contributed by atoms with Gasteiger partial charge in [-0.15, -0.1) is 0 Å². The van der Waals surface area contributed by atoms with E-state index in [1.165, 1.54) is 0 Å². The van der Waals surface area contributed by atoms with Crippen LogP contribution in [0, 0.1) is 0 Å². The van der Waals surface area contributed by atoms with Gasteiger partial charge in [0.25, 0.3) is 14.3 Å². The number of rotatable bonds is 10. The molecule has 2 rings (SSSR count). The molecule has 1 fully saturated rings. The Balaban J connectivity index is 1.89. The van der Waals surface area contributed by atoms with Crippen LogP contribution in [0.25, 0.3) is 0 Å². The van der Waals surface area contributed by atoms with Gasteiger partial charge in [0.1, 0.15) is 12.0 Å². The van der Waals surface area contributed by atoms with E-state index in [0.717, 1.165) is 25.0 Å². The molecule has 0 aliphatic carbocycles. The Morgan fingerprint density at radius 3 is 2.30 bits per heavy atom. The number of unbranched alkanes of at least 4 members (excludes halogenated alkanes) is 1. The van der Waals surface area contributed by atoms with Gasteiger partial charge in [-0.3, -0.25) is 4.79 Å². The fraction of sp³-hybridized carbons (Fsp3) is 0.762. The molecule has 0 saturated carbocycles. The Labute approximate surface area is 165 Å². The van der Waals surface area contributed by atoms with Crippen molar-refractivity contribution in [3.63, 3.8) is 0 Å². The van der Waals surface area contributed by atoms with Crippen molar-refractivity contribution in [1.29, 1.82) is 0 Å². The molecule has 1 aliphatic rings. The monoisotopic (exact) mass is 395 g/mol. The fourth-order valence-electron chi connectivity index (χ4n) is 4.65. The van der Waals surface area contributed by atoms with E-state index >= 15 is 0 Å². The van der Waals surface area contributed by atoms with Crippen molar-refractivity contribution in [3.8, 4) is 5.95 Å². The molecule has 0 aromatic carbocycles. The number of hydrogen-bond donors (Lipinski definition) is 1. The zero-order chi connectivity index (χ0) is 20.2. The van der Waals surface area contributed by atoms with E-state index in [2.05, 4.69) is 41.5 Å². The predicted molar refractivity (Wildman–Crippen MR) is 110 cm³/mol. The molecule has 1 amide bonds. The molecule has 1 aromatic rings. The standard InChI is InChI=1S/C21H37NO4Si/c1-15(2)27(16(3)4,17(5)6)26-21-13-10-18(25-21)9-7-8-14-22-19(23)11-12-20(22)24/h10,13,15-17,19,23H,7-9,11-12,14H2,1-6H3. The minimum Gasteiger partial charge on any atom is -0.518 e. The first-order valence-electron chi connectivity index (χ1n) is 10.4. The number of carbonyl (C=O) groups excluding carboxylic acids is 1. The van der Waals surface area contributed by atoms with Crippen LogP contribution in [0.3, 0.4) is 0 Å². The lowest BCUT2D eigenvalue weighted by atomic mass is 10.2. The summed E-state index contributed by atoms with van der Waals surface area (Å²) in [7, 11) is -1.99. The number of aliphatic hydroxyl groups is 1. The van der Waals surface area contributed by atoms with Gasteiger partial charge in [-0.2, -0.15) is 0 Å². The average molecular weight is 396 g/mol. The van der Waals surface area contributed by atoms with Gasteiger partial charge in [0.05, 0.1) is 0 Å². The summed E-state index contributed by atoms with van der Waals surface area (Å²) in [6.07, 6.45) is 3.04. The van der Waals surface area contributed by atoms with Crippen LogP contribution >= 0.6 is 0 Å². The highest BCUT2D eigenvalue weighted by Crippen LogP contribution is 2.43. The Morgan fingerprint density at radius 1 is 1.15 bits per heavy atom. The van der Waals surface area contributed by atoms with Crippen LogP contribution in [0.1, 0.15) is 73.0 Å². The summed E-state index contributed by atoms with van der Waals surface area (Å²) < 4.78 is 12.6. The minimum absolute atomic E-state index is 0.0635. The van der Waals surface area contributed by atoms with E-state index in [-0.39, 0.29) is 5.91 Å². The number of hydrogen-bond acceptors (Lipinski definition) is 4. The first-order chi connectivity index (χ1) is 12.7. The van der Waals surface area contributed by atoms with Gasteiger partial charge in [0.2, 0.25) is 5.91 Å². The second-order valence-corrected chi connectivity index (χ2v) is 14.1. The van der Waals surface area contributed by atoms with E-state index in [1.807, 2.05) is 12.1 Å². The van der Waals surface area contributed by atoms with E-state index in [1.54, 1.807) is 4.90 Å². The Bertz CT molecular complexity index is 589. The average Bonchev–Trinajstić information content (AvgIpc) is 3.15. The molecule has 0 radical (unpaired) electrons. The van der Waals surface area contributed by atoms with E-state index in [0.29, 0.717) is 42.0 Å². The highest BCUT2D eigenvalue weighted by atomic mass is 28.4. The molecule has 1 saturated heterocycles. The Morgan fingerprint density at radius 2 is 1.78 bits per heavy atom. The van der Waals surface area contributed by atoms with Gasteiger partial charge in [-0.25, -0.2) is 0 Å². The quantitative estimate of drug-likeness (QED) is 0.442. The third-order valence-electron chi connectivity index (χ3n) is 5.99. The van der Waals surface area contributed by atoms with Crippen LogP contribution in [-0.2, 0) is 11.2 Å². The molecular formula is C21H37NO4Si. The Kier molecular flexibility index (Phi) is 7.57. The zero-order valence-corrected chi connectivity index (χ0v) is 18.8. The number of furan rings is 1. The highest BCUT2D eigenvalue weighted by molar-refractivity contribution is 6.78. The second kappa shape index (κ2) is 9.28. The number of likely N-dealkylation sites (tertiary alicyclic amines) is 1. The Hall–Kier alpha value is -1.27. The third kappa shape index (κ3) is 4.96. The van der Waals surface area contributed by atoms with Crippen molar-refractivity contribution >= 4 is 14.2 Å². The molecule has 0 bridgehead atoms. The fourth-order valence-corrected chi connectivity index (χ4v) is 9.81. The van der Waals surface area contributed by atoms with Gasteiger partial charge in [0.15, 0.2) is 0 Å². The molecule has 1 aromatic heterocycles. The number of amides is 1. The maximum absolute atomic E-state index is 11.7. The number of nitrogens with zero attached hydrogens (tertiary/aromatic N) is 1. The summed E-state index contributed by atoms with van der Waals surface area (Å²) in [5.74, 6) is 1.64. The second-order valence-electron chi connectivity index (χ2n) is 8.70. The largest absolute Gasteiger partial charge is 0.518 e. The topological polar surface area (TPSA) is 62.9 Å². The zero-order valence-electron chi connectivity index (χ0n) is 17.8. The molecule has 154 valence electrons. The van der Waals surface area contributed by atoms with Crippen molar-refractivity contribution < 1.29 is 18.7 Å². The number of aryl methyl sites for hydroxylation is 1. The van der Waals surface area contributed by atoms with Crippen LogP contribution in [0.2, 0.25) is 16.6 Å². The maximum Gasteiger partial charge on any atom is 0.270 e. The summed E-state index contributed by atoms with van der Waals surface area (Å²) in [6.45, 7) is 14.2. The van der Waals surface area contributed by atoms with Crippen molar-refractivity contribution in [1.82, 2.24) is 4.90 Å². The molecule has 1 aliphatic heterocycles. The molecule has 5 nitrogen and oxygen atoms in total. The van der Waals surface area contributed by atoms with Crippen molar-refractivity contribution in [3.05, 3.63) is 17.9 Å². The number of aliphatic hydroxyl groups excluding tert-OH is 1. The first-order valence-corrected chi connectivity index (χ1v) is 12.6. The first kappa shape index (κ1) is 22.0. The predicted octanol–water partition coefficient (Wildman–Crippen LogP) is 5.10. The smallest absolute Gasteiger partial charge is 0.270 e. The highest BCUT2D eigenvalue weighted by Gasteiger charge is 2.47. The molecule has 1 unspecified atom stereocenters. The van der Waals surface area contributed by atoms with Crippen LogP contribution < -0.4 is 4.43 Å².